The molecule has 1 unspecified atom stereocenters. The lowest BCUT2D eigenvalue weighted by atomic mass is 9.84. The molecule has 2 nitrogen and oxygen atoms in total. The van der Waals surface area contributed by atoms with Crippen LogP contribution in [0, 0.1) is 5.92 Å². The number of nitrogens with zero attached hydrogens (tertiary/aromatic N) is 1. The minimum atomic E-state index is 0.205. The van der Waals surface area contributed by atoms with E-state index in [-0.39, 0.29) is 5.92 Å². The van der Waals surface area contributed by atoms with Crippen molar-refractivity contribution in [1.29, 1.82) is 0 Å². The highest BCUT2D eigenvalue weighted by Crippen LogP contribution is 2.30. The van der Waals surface area contributed by atoms with E-state index < -0.39 is 0 Å². The van der Waals surface area contributed by atoms with Crippen molar-refractivity contribution in [3.8, 4) is 0 Å². The highest BCUT2D eigenvalue weighted by molar-refractivity contribution is 5.56. The first-order valence-electron chi connectivity index (χ1n) is 4.64. The predicted octanol–water partition coefficient (Wildman–Crippen LogP) is 1.99. The third kappa shape index (κ3) is 2.72. The normalized spacial score (nSPS) is 26.2. The van der Waals surface area contributed by atoms with Gasteiger partial charge in [-0.3, -0.25) is 0 Å². The van der Waals surface area contributed by atoms with Crippen molar-refractivity contribution in [3.63, 3.8) is 0 Å². The minimum Gasteiger partial charge on any atom is -0.383 e. The lowest BCUT2D eigenvalue weighted by Crippen LogP contribution is -2.14. The molecule has 0 aliphatic heterocycles. The second-order valence-corrected chi connectivity index (χ2v) is 3.86. The maximum atomic E-state index is 10.6. The van der Waals surface area contributed by atoms with Gasteiger partial charge < -0.3 is 9.69 Å². The first-order chi connectivity index (χ1) is 6.13. The molecule has 0 aromatic carbocycles. The first-order valence-corrected chi connectivity index (χ1v) is 4.64. The van der Waals surface area contributed by atoms with E-state index in [1.54, 1.807) is 0 Å². The Morgan fingerprint density at radius 2 is 2.23 bits per heavy atom. The molecule has 0 saturated heterocycles. The molecular formula is C11H17NO. The van der Waals surface area contributed by atoms with Gasteiger partial charge in [-0.2, -0.15) is 0 Å². The van der Waals surface area contributed by atoms with Crippen LogP contribution in [0.3, 0.4) is 0 Å². The van der Waals surface area contributed by atoms with Crippen LogP contribution >= 0.6 is 0 Å². The maximum Gasteiger partial charge on any atom is 0.123 e. The molecule has 72 valence electrons. The van der Waals surface area contributed by atoms with Crippen molar-refractivity contribution in [3.05, 3.63) is 23.9 Å². The molecule has 1 atom stereocenters. The number of carbonyl (C=O) groups excluding carboxylic acids is 1. The molecule has 0 spiro atoms. The molecule has 1 saturated carbocycles. The summed E-state index contributed by atoms with van der Waals surface area (Å²) in [6.07, 6.45) is 5.92. The van der Waals surface area contributed by atoms with Gasteiger partial charge in [0.05, 0.1) is 0 Å². The van der Waals surface area contributed by atoms with Crippen LogP contribution < -0.4 is 0 Å². The summed E-state index contributed by atoms with van der Waals surface area (Å²) in [5.74, 6) is 0.205. The zero-order chi connectivity index (χ0) is 9.84. The summed E-state index contributed by atoms with van der Waals surface area (Å²) in [4.78, 5) is 12.6. The van der Waals surface area contributed by atoms with E-state index >= 15 is 0 Å². The zero-order valence-corrected chi connectivity index (χ0v) is 8.42. The van der Waals surface area contributed by atoms with Crippen molar-refractivity contribution < 1.29 is 4.79 Å². The maximum absolute atomic E-state index is 10.6. The summed E-state index contributed by atoms with van der Waals surface area (Å²) in [7, 11) is 3.98. The Balaban J connectivity index is 2.70. The lowest BCUT2D eigenvalue weighted by Gasteiger charge is -2.23. The number of aldehydes is 1. The summed E-state index contributed by atoms with van der Waals surface area (Å²) >= 11 is 0. The minimum absolute atomic E-state index is 0.205. The molecule has 0 aromatic rings. The van der Waals surface area contributed by atoms with Gasteiger partial charge >= 0.3 is 0 Å². The number of carbonyl (C=O) groups is 1. The summed E-state index contributed by atoms with van der Waals surface area (Å²) in [6, 6.07) is 0. The quantitative estimate of drug-likeness (QED) is 0.604. The van der Waals surface area contributed by atoms with Gasteiger partial charge in [0.25, 0.3) is 0 Å². The lowest BCUT2D eigenvalue weighted by molar-refractivity contribution is -0.111. The van der Waals surface area contributed by atoms with E-state index in [2.05, 4.69) is 12.8 Å². The highest BCUT2D eigenvalue weighted by Gasteiger charge is 2.18. The van der Waals surface area contributed by atoms with Gasteiger partial charge in [-0.05, 0) is 24.8 Å². The Bertz CT molecular complexity index is 240. The molecule has 0 radical (unpaired) electrons. The summed E-state index contributed by atoms with van der Waals surface area (Å²) in [5, 5.41) is 0. The van der Waals surface area contributed by atoms with Gasteiger partial charge in [0.15, 0.2) is 0 Å². The second-order valence-electron chi connectivity index (χ2n) is 3.86. The summed E-state index contributed by atoms with van der Waals surface area (Å²) < 4.78 is 0. The fourth-order valence-electron chi connectivity index (χ4n) is 1.62. The molecule has 1 rings (SSSR count). The molecule has 2 heteroatoms. The number of allylic oxidation sites excluding steroid dienone is 2. The topological polar surface area (TPSA) is 20.3 Å². The zero-order valence-electron chi connectivity index (χ0n) is 8.42. The van der Waals surface area contributed by atoms with E-state index in [1.165, 1.54) is 11.1 Å². The second kappa shape index (κ2) is 4.26. The fourth-order valence-corrected chi connectivity index (χ4v) is 1.62. The third-order valence-electron chi connectivity index (χ3n) is 2.36. The van der Waals surface area contributed by atoms with Gasteiger partial charge in [0.1, 0.15) is 6.29 Å². The van der Waals surface area contributed by atoms with Gasteiger partial charge in [-0.25, -0.2) is 0 Å². The van der Waals surface area contributed by atoms with Crippen LogP contribution in [-0.4, -0.2) is 25.3 Å². The monoisotopic (exact) mass is 179 g/mol. The average molecular weight is 179 g/mol. The van der Waals surface area contributed by atoms with E-state index in [1.807, 2.05) is 19.0 Å². The van der Waals surface area contributed by atoms with E-state index in [0.717, 1.165) is 25.5 Å². The number of hydrogen-bond donors (Lipinski definition) is 0. The van der Waals surface area contributed by atoms with Crippen LogP contribution in [-0.2, 0) is 4.79 Å². The number of rotatable bonds is 2. The van der Waals surface area contributed by atoms with Crippen LogP contribution in [0.2, 0.25) is 0 Å². The standard InChI is InChI=1S/C11H17NO/c1-9-4-5-10(8-13)6-11(9)7-12(2)3/h7-8,10H,1,4-6H2,2-3H3/b11-7-. The molecule has 1 aliphatic carbocycles. The molecule has 0 N–H and O–H groups in total. The van der Waals surface area contributed by atoms with Crippen molar-refractivity contribution in [2.75, 3.05) is 14.1 Å². The first kappa shape index (κ1) is 10.0. The SMILES string of the molecule is C=C1CCC(C=O)C/C1=C/N(C)C. The summed E-state index contributed by atoms with van der Waals surface area (Å²) in [6.45, 7) is 4.01. The van der Waals surface area contributed by atoms with E-state index in [4.69, 9.17) is 0 Å². The van der Waals surface area contributed by atoms with Gasteiger partial charge in [-0.15, -0.1) is 0 Å². The molecule has 1 aliphatic rings. The smallest absolute Gasteiger partial charge is 0.123 e. The van der Waals surface area contributed by atoms with Gasteiger partial charge in [0.2, 0.25) is 0 Å². The van der Waals surface area contributed by atoms with Crippen molar-refractivity contribution in [1.82, 2.24) is 4.90 Å². The summed E-state index contributed by atoms with van der Waals surface area (Å²) in [5.41, 5.74) is 2.42. The van der Waals surface area contributed by atoms with E-state index in [0.29, 0.717) is 0 Å². The van der Waals surface area contributed by atoms with Crippen LogP contribution in [0.1, 0.15) is 19.3 Å². The van der Waals surface area contributed by atoms with Crippen molar-refractivity contribution in [2.45, 2.75) is 19.3 Å². The van der Waals surface area contributed by atoms with Gasteiger partial charge in [0, 0.05) is 26.2 Å². The van der Waals surface area contributed by atoms with Crippen LogP contribution in [0.5, 0.6) is 0 Å². The van der Waals surface area contributed by atoms with Crippen LogP contribution in [0.15, 0.2) is 23.9 Å². The average Bonchev–Trinajstić information content (AvgIpc) is 2.08. The largest absolute Gasteiger partial charge is 0.383 e. The molecule has 0 amide bonds. The Morgan fingerprint density at radius 1 is 1.54 bits per heavy atom. The third-order valence-corrected chi connectivity index (χ3v) is 2.36. The Labute approximate surface area is 79.9 Å². The Morgan fingerprint density at radius 3 is 2.77 bits per heavy atom. The molecule has 0 aromatic heterocycles. The number of hydrogen-bond acceptors (Lipinski definition) is 2. The van der Waals surface area contributed by atoms with Gasteiger partial charge in [-0.1, -0.05) is 12.2 Å². The molecule has 0 bridgehead atoms. The molecule has 13 heavy (non-hydrogen) atoms. The molecule has 1 fully saturated rings. The van der Waals surface area contributed by atoms with E-state index in [9.17, 15) is 4.79 Å². The highest BCUT2D eigenvalue weighted by atomic mass is 16.1. The van der Waals surface area contributed by atoms with Crippen LogP contribution in [0.25, 0.3) is 0 Å². The van der Waals surface area contributed by atoms with Crippen molar-refractivity contribution in [2.24, 2.45) is 5.92 Å². The molecular weight excluding hydrogens is 162 g/mol. The Hall–Kier alpha value is -1.05. The fraction of sp³-hybridized carbons (Fsp3) is 0.545. The van der Waals surface area contributed by atoms with Crippen molar-refractivity contribution >= 4 is 6.29 Å². The predicted molar refractivity (Wildman–Crippen MR) is 54.3 cm³/mol. The molecule has 0 heterocycles. The Kier molecular flexibility index (Phi) is 3.29. The van der Waals surface area contributed by atoms with Crippen LogP contribution in [0.4, 0.5) is 0 Å².